The molecular formula is C21H32N6O2. The summed E-state index contributed by atoms with van der Waals surface area (Å²) in [6.45, 7) is 5.53. The van der Waals surface area contributed by atoms with Crippen LogP contribution in [0.5, 0.6) is 5.75 Å². The molecule has 1 saturated heterocycles. The van der Waals surface area contributed by atoms with Crippen LogP contribution >= 0.6 is 0 Å². The van der Waals surface area contributed by atoms with Gasteiger partial charge in [-0.15, -0.1) is 0 Å². The number of guanidine groups is 1. The summed E-state index contributed by atoms with van der Waals surface area (Å²) in [6.07, 6.45) is 4.49. The van der Waals surface area contributed by atoms with Gasteiger partial charge in [0.2, 0.25) is 5.89 Å². The van der Waals surface area contributed by atoms with Crippen molar-refractivity contribution >= 4 is 5.96 Å². The molecule has 158 valence electrons. The Morgan fingerprint density at radius 3 is 2.59 bits per heavy atom. The zero-order chi connectivity index (χ0) is 20.5. The number of hydrogen-bond acceptors (Lipinski definition) is 6. The summed E-state index contributed by atoms with van der Waals surface area (Å²) in [7, 11) is 3.49. The topological polar surface area (TPSA) is 87.8 Å². The lowest BCUT2D eigenvalue weighted by atomic mass is 10.0. The maximum atomic E-state index is 5.32. The molecule has 0 aliphatic carbocycles. The van der Waals surface area contributed by atoms with Gasteiger partial charge in [-0.25, -0.2) is 0 Å². The zero-order valence-corrected chi connectivity index (χ0v) is 17.6. The van der Waals surface area contributed by atoms with Crippen molar-refractivity contribution in [3.05, 3.63) is 41.5 Å². The Kier molecular flexibility index (Phi) is 7.86. The van der Waals surface area contributed by atoms with Crippen molar-refractivity contribution in [3.63, 3.8) is 0 Å². The lowest BCUT2D eigenvalue weighted by Crippen LogP contribution is -2.44. The highest BCUT2D eigenvalue weighted by Crippen LogP contribution is 2.25. The zero-order valence-electron chi connectivity index (χ0n) is 17.6. The molecule has 0 amide bonds. The number of methoxy groups -OCH3 is 1. The van der Waals surface area contributed by atoms with Gasteiger partial charge < -0.3 is 19.9 Å². The largest absolute Gasteiger partial charge is 0.497 e. The van der Waals surface area contributed by atoms with Gasteiger partial charge >= 0.3 is 0 Å². The lowest BCUT2D eigenvalue weighted by molar-refractivity contribution is 0.164. The van der Waals surface area contributed by atoms with Crippen LogP contribution in [-0.4, -0.2) is 61.3 Å². The van der Waals surface area contributed by atoms with Crippen molar-refractivity contribution in [2.75, 3.05) is 40.3 Å². The Balaban J connectivity index is 1.58. The highest BCUT2D eigenvalue weighted by Gasteiger charge is 2.22. The number of nitrogens with zero attached hydrogens (tertiary/aromatic N) is 4. The van der Waals surface area contributed by atoms with E-state index in [1.165, 1.54) is 24.8 Å². The molecule has 0 bridgehead atoms. The molecule has 2 heterocycles. The number of aryl methyl sites for hydroxylation is 1. The van der Waals surface area contributed by atoms with Gasteiger partial charge in [-0.3, -0.25) is 9.89 Å². The van der Waals surface area contributed by atoms with Crippen molar-refractivity contribution in [1.82, 2.24) is 25.7 Å². The third-order valence-corrected chi connectivity index (χ3v) is 5.22. The van der Waals surface area contributed by atoms with E-state index in [-0.39, 0.29) is 0 Å². The summed E-state index contributed by atoms with van der Waals surface area (Å²) in [5, 5.41) is 10.6. The Bertz CT molecular complexity index is 768. The quantitative estimate of drug-likeness (QED) is 0.519. The van der Waals surface area contributed by atoms with Crippen LogP contribution in [-0.2, 0) is 6.42 Å². The summed E-state index contributed by atoms with van der Waals surface area (Å²) in [5.74, 6) is 2.95. The fourth-order valence-corrected chi connectivity index (χ4v) is 3.66. The van der Waals surface area contributed by atoms with Crippen molar-refractivity contribution < 1.29 is 9.26 Å². The number of piperidine rings is 1. The minimum Gasteiger partial charge on any atom is -0.497 e. The maximum absolute atomic E-state index is 5.32. The third kappa shape index (κ3) is 6.19. The van der Waals surface area contributed by atoms with Gasteiger partial charge in [0.05, 0.1) is 13.2 Å². The second kappa shape index (κ2) is 10.8. The van der Waals surface area contributed by atoms with E-state index in [1.54, 1.807) is 14.2 Å². The molecule has 1 aromatic heterocycles. The van der Waals surface area contributed by atoms with Crippen molar-refractivity contribution in [2.45, 2.75) is 38.6 Å². The Morgan fingerprint density at radius 1 is 1.21 bits per heavy atom. The summed E-state index contributed by atoms with van der Waals surface area (Å²) in [5.41, 5.74) is 1.29. The van der Waals surface area contributed by atoms with E-state index in [1.807, 2.05) is 19.1 Å². The van der Waals surface area contributed by atoms with Gasteiger partial charge in [-0.2, -0.15) is 4.98 Å². The van der Waals surface area contributed by atoms with Crippen LogP contribution in [0.4, 0.5) is 0 Å². The molecule has 1 aliphatic rings. The highest BCUT2D eigenvalue weighted by molar-refractivity contribution is 5.79. The molecule has 8 nitrogen and oxygen atoms in total. The monoisotopic (exact) mass is 400 g/mol. The first kappa shape index (κ1) is 21.1. The number of benzene rings is 1. The number of nitrogens with one attached hydrogen (secondary N) is 2. The molecule has 0 saturated carbocycles. The lowest BCUT2D eigenvalue weighted by Gasteiger charge is -2.35. The van der Waals surface area contributed by atoms with Gasteiger partial charge in [0.1, 0.15) is 5.75 Å². The number of aliphatic imine (C=N–C) groups is 1. The van der Waals surface area contributed by atoms with E-state index in [0.717, 1.165) is 31.3 Å². The Hall–Kier alpha value is -2.61. The van der Waals surface area contributed by atoms with Gasteiger partial charge in [0.25, 0.3) is 0 Å². The van der Waals surface area contributed by atoms with Crippen LogP contribution in [0.1, 0.15) is 42.6 Å². The van der Waals surface area contributed by atoms with Crippen LogP contribution < -0.4 is 15.4 Å². The number of hydrogen-bond donors (Lipinski definition) is 2. The maximum Gasteiger partial charge on any atom is 0.228 e. The van der Waals surface area contributed by atoms with E-state index in [0.29, 0.717) is 30.7 Å². The summed E-state index contributed by atoms with van der Waals surface area (Å²) < 4.78 is 10.5. The normalized spacial score (nSPS) is 16.4. The summed E-state index contributed by atoms with van der Waals surface area (Å²) >= 11 is 0. The first-order valence-corrected chi connectivity index (χ1v) is 10.3. The molecule has 1 aromatic carbocycles. The molecule has 0 radical (unpaired) electrons. The average molecular weight is 401 g/mol. The van der Waals surface area contributed by atoms with E-state index in [4.69, 9.17) is 9.26 Å². The van der Waals surface area contributed by atoms with Gasteiger partial charge in [-0.1, -0.05) is 23.7 Å². The molecule has 2 N–H and O–H groups in total. The molecule has 3 rings (SSSR count). The summed E-state index contributed by atoms with van der Waals surface area (Å²) in [6, 6.07) is 8.68. The molecule has 8 heteroatoms. The van der Waals surface area contributed by atoms with Crippen LogP contribution in [0, 0.1) is 6.92 Å². The van der Waals surface area contributed by atoms with Crippen LogP contribution in [0.2, 0.25) is 0 Å². The number of ether oxygens (including phenoxy) is 1. The SMILES string of the molecule is CN=C(NCCc1nc(C)no1)NCC(c1ccc(OC)cc1)N1CCCCC1. The second-order valence-corrected chi connectivity index (χ2v) is 7.25. The first-order valence-electron chi connectivity index (χ1n) is 10.3. The molecule has 1 unspecified atom stereocenters. The van der Waals surface area contributed by atoms with E-state index >= 15 is 0 Å². The molecule has 2 aromatic rings. The van der Waals surface area contributed by atoms with E-state index in [2.05, 4.69) is 42.8 Å². The van der Waals surface area contributed by atoms with Crippen LogP contribution in [0.3, 0.4) is 0 Å². The second-order valence-electron chi connectivity index (χ2n) is 7.25. The first-order chi connectivity index (χ1) is 14.2. The van der Waals surface area contributed by atoms with Crippen LogP contribution in [0.15, 0.2) is 33.8 Å². The highest BCUT2D eigenvalue weighted by atomic mass is 16.5. The van der Waals surface area contributed by atoms with E-state index in [9.17, 15) is 0 Å². The smallest absolute Gasteiger partial charge is 0.228 e. The molecule has 29 heavy (non-hydrogen) atoms. The molecule has 1 fully saturated rings. The molecule has 1 atom stereocenters. The molecule has 1 aliphatic heterocycles. The predicted octanol–water partition coefficient (Wildman–Crippen LogP) is 2.32. The van der Waals surface area contributed by atoms with Gasteiger partial charge in [0.15, 0.2) is 11.8 Å². The van der Waals surface area contributed by atoms with Gasteiger partial charge in [0, 0.05) is 26.6 Å². The van der Waals surface area contributed by atoms with Crippen LogP contribution in [0.25, 0.3) is 0 Å². The minimum absolute atomic E-state index is 0.290. The minimum atomic E-state index is 0.290. The molecule has 0 spiro atoms. The number of likely N-dealkylation sites (tertiary alicyclic amines) is 1. The number of aromatic nitrogens is 2. The number of rotatable bonds is 8. The average Bonchev–Trinajstić information content (AvgIpc) is 3.18. The summed E-state index contributed by atoms with van der Waals surface area (Å²) in [4.78, 5) is 11.1. The Morgan fingerprint density at radius 2 is 1.97 bits per heavy atom. The fraction of sp³-hybridized carbons (Fsp3) is 0.571. The third-order valence-electron chi connectivity index (χ3n) is 5.22. The van der Waals surface area contributed by atoms with Crippen molar-refractivity contribution in [1.29, 1.82) is 0 Å². The Labute approximate surface area is 172 Å². The van der Waals surface area contributed by atoms with Crippen molar-refractivity contribution in [3.8, 4) is 5.75 Å². The standard InChI is InChI=1S/C21H32N6O2/c1-16-25-20(29-26-16)11-12-23-21(22-2)24-15-19(27-13-5-4-6-14-27)17-7-9-18(28-3)10-8-17/h7-10,19H,4-6,11-15H2,1-3H3,(H2,22,23,24). The van der Waals surface area contributed by atoms with Crippen molar-refractivity contribution in [2.24, 2.45) is 4.99 Å². The fourth-order valence-electron chi connectivity index (χ4n) is 3.66. The predicted molar refractivity (Wildman–Crippen MR) is 113 cm³/mol. The molecular weight excluding hydrogens is 368 g/mol. The van der Waals surface area contributed by atoms with E-state index < -0.39 is 0 Å². The van der Waals surface area contributed by atoms with Gasteiger partial charge in [-0.05, 0) is 50.6 Å².